The Hall–Kier alpha value is -4.74. The predicted molar refractivity (Wildman–Crippen MR) is 172 cm³/mol. The smallest absolute Gasteiger partial charge is 0.137 e. The molecule has 4 heterocycles. The Morgan fingerprint density at radius 2 is 1.46 bits per heavy atom. The van der Waals surface area contributed by atoms with Crippen LogP contribution < -0.4 is 4.74 Å². The van der Waals surface area contributed by atoms with Gasteiger partial charge in [-0.15, -0.1) is 11.3 Å². The molecule has 0 saturated heterocycles. The maximum absolute atomic E-state index is 6.53. The van der Waals surface area contributed by atoms with Crippen molar-refractivity contribution < 1.29 is 4.74 Å². The quantitative estimate of drug-likeness (QED) is 0.220. The lowest BCUT2D eigenvalue weighted by Gasteiger charge is -2.18. The van der Waals surface area contributed by atoms with Crippen molar-refractivity contribution >= 4 is 64.2 Å². The van der Waals surface area contributed by atoms with E-state index in [4.69, 9.17) is 9.72 Å². The molecule has 198 valence electrons. The number of thiophene rings is 1. The van der Waals surface area contributed by atoms with E-state index in [1.165, 1.54) is 36.5 Å². The fourth-order valence-corrected chi connectivity index (χ4v) is 6.91. The number of benzene rings is 4. The van der Waals surface area contributed by atoms with Crippen molar-refractivity contribution in [1.82, 2.24) is 14.5 Å². The zero-order valence-electron chi connectivity index (χ0n) is 23.1. The lowest BCUT2D eigenvalue weighted by atomic mass is 9.88. The lowest BCUT2D eigenvalue weighted by Crippen LogP contribution is -2.10. The molecule has 0 aliphatic carbocycles. The Kier molecular flexibility index (Phi) is 5.22. The summed E-state index contributed by atoms with van der Waals surface area (Å²) in [6, 6.07) is 33.8. The topological polar surface area (TPSA) is 39.9 Å². The first-order valence-electron chi connectivity index (χ1n) is 13.8. The fourth-order valence-electron chi connectivity index (χ4n) is 5.79. The zero-order valence-corrected chi connectivity index (χ0v) is 23.9. The van der Waals surface area contributed by atoms with Gasteiger partial charge in [-0.25, -0.2) is 4.98 Å². The van der Waals surface area contributed by atoms with Crippen molar-refractivity contribution in [2.24, 2.45) is 0 Å². The summed E-state index contributed by atoms with van der Waals surface area (Å²) in [5, 5.41) is 5.89. The first-order chi connectivity index (χ1) is 19.9. The van der Waals surface area contributed by atoms with Crippen LogP contribution in [-0.4, -0.2) is 14.5 Å². The Labute approximate surface area is 241 Å². The summed E-state index contributed by atoms with van der Waals surface area (Å²) in [7, 11) is 0. The number of para-hydroxylation sites is 1. The molecule has 0 unspecified atom stereocenters. The number of nitrogens with zero attached hydrogens (tertiary/aromatic N) is 3. The lowest BCUT2D eigenvalue weighted by molar-refractivity contribution is 0.484. The standard InChI is InChI=1S/C36H27N3OS/c1-36(2,3)23-18-32-35(38-21-23)34-28-19-24(13-11-22(28)12-16-31(34)41-32)40-25-14-15-27-26-8-4-5-9-29(26)39(30(27)20-25)33-10-6-7-17-37-33/h4-21H,1-3H3. The Morgan fingerprint density at radius 3 is 2.32 bits per heavy atom. The summed E-state index contributed by atoms with van der Waals surface area (Å²) in [5.74, 6) is 2.47. The first-order valence-corrected chi connectivity index (χ1v) is 14.6. The van der Waals surface area contributed by atoms with Crippen LogP contribution in [0.4, 0.5) is 0 Å². The number of hydrogen-bond acceptors (Lipinski definition) is 4. The second-order valence-electron chi connectivity index (χ2n) is 11.6. The molecule has 0 bridgehead atoms. The van der Waals surface area contributed by atoms with Crippen LogP contribution in [0.5, 0.6) is 11.5 Å². The van der Waals surface area contributed by atoms with Gasteiger partial charge in [0, 0.05) is 39.3 Å². The number of hydrogen-bond donors (Lipinski definition) is 0. The summed E-state index contributed by atoms with van der Waals surface area (Å²) in [6.45, 7) is 6.69. The van der Waals surface area contributed by atoms with Crippen molar-refractivity contribution in [2.75, 3.05) is 0 Å². The third-order valence-electron chi connectivity index (χ3n) is 7.89. The summed E-state index contributed by atoms with van der Waals surface area (Å²) in [5.41, 5.74) is 4.56. The number of aromatic nitrogens is 3. The van der Waals surface area contributed by atoms with Gasteiger partial charge in [0.25, 0.3) is 0 Å². The van der Waals surface area contributed by atoms with Crippen molar-refractivity contribution in [2.45, 2.75) is 26.2 Å². The molecule has 0 atom stereocenters. The number of pyridine rings is 2. The van der Waals surface area contributed by atoms with Crippen LogP contribution in [-0.2, 0) is 5.41 Å². The molecule has 4 aromatic carbocycles. The monoisotopic (exact) mass is 549 g/mol. The molecule has 8 rings (SSSR count). The van der Waals surface area contributed by atoms with Gasteiger partial charge < -0.3 is 4.74 Å². The Balaban J connectivity index is 1.26. The molecule has 0 aliphatic rings. The van der Waals surface area contributed by atoms with E-state index in [9.17, 15) is 0 Å². The highest BCUT2D eigenvalue weighted by Gasteiger charge is 2.18. The Morgan fingerprint density at radius 1 is 0.683 bits per heavy atom. The van der Waals surface area contributed by atoms with E-state index in [-0.39, 0.29) is 5.41 Å². The minimum atomic E-state index is 0.0593. The van der Waals surface area contributed by atoms with Gasteiger partial charge in [0.15, 0.2) is 0 Å². The SMILES string of the molecule is CC(C)(C)c1cnc2c(c1)sc1ccc3ccc(Oc4ccc5c6ccccc6n(-c6ccccn6)c5c4)cc3c12. The van der Waals surface area contributed by atoms with E-state index in [2.05, 4.69) is 103 Å². The second-order valence-corrected chi connectivity index (χ2v) is 12.6. The van der Waals surface area contributed by atoms with Gasteiger partial charge in [-0.2, -0.15) is 0 Å². The van der Waals surface area contributed by atoms with Gasteiger partial charge >= 0.3 is 0 Å². The molecule has 8 aromatic rings. The van der Waals surface area contributed by atoms with Crippen molar-refractivity contribution in [3.05, 3.63) is 115 Å². The molecule has 0 radical (unpaired) electrons. The largest absolute Gasteiger partial charge is 0.457 e. The molecule has 0 saturated carbocycles. The highest BCUT2D eigenvalue weighted by Crippen LogP contribution is 2.41. The summed E-state index contributed by atoms with van der Waals surface area (Å²) in [6.07, 6.45) is 3.86. The van der Waals surface area contributed by atoms with Crippen LogP contribution in [0, 0.1) is 0 Å². The van der Waals surface area contributed by atoms with Crippen LogP contribution in [0.25, 0.3) is 58.7 Å². The molecule has 0 amide bonds. The zero-order chi connectivity index (χ0) is 27.7. The molecule has 0 aliphatic heterocycles. The van der Waals surface area contributed by atoms with Crippen molar-refractivity contribution in [3.8, 4) is 17.3 Å². The van der Waals surface area contributed by atoms with Crippen molar-refractivity contribution in [3.63, 3.8) is 0 Å². The second kappa shape index (κ2) is 8.88. The summed E-state index contributed by atoms with van der Waals surface area (Å²) >= 11 is 1.81. The van der Waals surface area contributed by atoms with Crippen LogP contribution in [0.3, 0.4) is 0 Å². The minimum Gasteiger partial charge on any atom is -0.457 e. The molecular weight excluding hydrogens is 522 g/mol. The van der Waals surface area contributed by atoms with Gasteiger partial charge in [-0.1, -0.05) is 57.2 Å². The molecule has 41 heavy (non-hydrogen) atoms. The van der Waals surface area contributed by atoms with E-state index >= 15 is 0 Å². The fraction of sp³-hybridized carbons (Fsp3) is 0.111. The van der Waals surface area contributed by atoms with Crippen LogP contribution in [0.2, 0.25) is 0 Å². The third kappa shape index (κ3) is 3.88. The minimum absolute atomic E-state index is 0.0593. The molecule has 0 fully saturated rings. The summed E-state index contributed by atoms with van der Waals surface area (Å²) < 4.78 is 11.2. The first kappa shape index (κ1) is 24.1. The average molecular weight is 550 g/mol. The molecular formula is C36H27N3OS. The normalized spacial score (nSPS) is 12.3. The van der Waals surface area contributed by atoms with Gasteiger partial charge in [0.2, 0.25) is 0 Å². The van der Waals surface area contributed by atoms with E-state index in [0.29, 0.717) is 0 Å². The van der Waals surface area contributed by atoms with E-state index in [1.54, 1.807) is 0 Å². The average Bonchev–Trinajstić information content (AvgIpc) is 3.52. The Bertz CT molecular complexity index is 2270. The molecule has 5 heteroatoms. The number of rotatable bonds is 3. The van der Waals surface area contributed by atoms with Crippen molar-refractivity contribution in [1.29, 1.82) is 0 Å². The van der Waals surface area contributed by atoms with E-state index in [1.807, 2.05) is 48.0 Å². The van der Waals surface area contributed by atoms with Crippen LogP contribution in [0.1, 0.15) is 26.3 Å². The van der Waals surface area contributed by atoms with E-state index in [0.717, 1.165) is 39.3 Å². The van der Waals surface area contributed by atoms with E-state index < -0.39 is 0 Å². The summed E-state index contributed by atoms with van der Waals surface area (Å²) in [4.78, 5) is 9.61. The number of ether oxygens (including phenoxy) is 1. The van der Waals surface area contributed by atoms with Crippen LogP contribution >= 0.6 is 11.3 Å². The third-order valence-corrected chi connectivity index (χ3v) is 8.98. The highest BCUT2D eigenvalue weighted by atomic mass is 32.1. The molecule has 4 nitrogen and oxygen atoms in total. The van der Waals surface area contributed by atoms with Crippen LogP contribution in [0.15, 0.2) is 109 Å². The van der Waals surface area contributed by atoms with Gasteiger partial charge in [0.05, 0.1) is 21.3 Å². The molecule has 0 spiro atoms. The molecule has 0 N–H and O–H groups in total. The van der Waals surface area contributed by atoms with Gasteiger partial charge in [0.1, 0.15) is 17.3 Å². The number of fused-ring (bicyclic) bond motifs is 8. The predicted octanol–water partition coefficient (Wildman–Crippen LogP) is 10.2. The maximum Gasteiger partial charge on any atom is 0.137 e. The highest BCUT2D eigenvalue weighted by molar-refractivity contribution is 7.26. The molecule has 4 aromatic heterocycles. The van der Waals surface area contributed by atoms with Gasteiger partial charge in [-0.3, -0.25) is 9.55 Å². The maximum atomic E-state index is 6.53. The van der Waals surface area contributed by atoms with Gasteiger partial charge in [-0.05, 0) is 76.3 Å².